The number of nitrogens with zero attached hydrogens (tertiary/aromatic N) is 12. The van der Waals surface area contributed by atoms with Crippen LogP contribution in [0.15, 0.2) is 109 Å². The van der Waals surface area contributed by atoms with Gasteiger partial charge in [0.25, 0.3) is 0 Å². The molecule has 0 unspecified atom stereocenters. The number of rotatable bonds is 20. The van der Waals surface area contributed by atoms with Crippen LogP contribution >= 0.6 is 12.4 Å². The van der Waals surface area contributed by atoms with Gasteiger partial charge in [0.05, 0.1) is 104 Å². The molecule has 104 heavy (non-hydrogen) atoms. The van der Waals surface area contributed by atoms with Crippen LogP contribution in [0.4, 0.5) is 27.5 Å². The summed E-state index contributed by atoms with van der Waals surface area (Å²) in [6, 6.07) is 35.6. The van der Waals surface area contributed by atoms with E-state index in [4.69, 9.17) is 53.9 Å². The van der Waals surface area contributed by atoms with Gasteiger partial charge in [-0.25, -0.2) is 33.3 Å². The van der Waals surface area contributed by atoms with Gasteiger partial charge in [-0.3, -0.25) is 9.59 Å². The van der Waals surface area contributed by atoms with E-state index >= 15 is 0 Å². The molecular formula is C79H99ClN16O8. The second kappa shape index (κ2) is 33.8. The topological polar surface area (TPSA) is 246 Å². The Hall–Kier alpha value is -10.4. The van der Waals surface area contributed by atoms with Crippen molar-refractivity contribution in [2.75, 3.05) is 94.8 Å². The van der Waals surface area contributed by atoms with Crippen molar-refractivity contribution in [3.05, 3.63) is 143 Å². The standard InChI is InChI=1S/C27H30N6O3.C26H35N5O3.C26H33N5O2.ClH/c1-17-14-22(32-13-12-21(16-32)30-27(34)29-20-8-6-5-7-9-20)26-28-18(2)25(33(26)31-17)19-10-11-23(35-3)24(15-19)36-4;1-6-7-8-9-24(32)28-20-12-13-30(16-20)21-14-17(2)29-31-25(18(3)27-26(21)31)19-10-11-22(33-4)23(15-19)34-5;1-17-15-23(30-14-13-21(16-30)28-26(32)20-7-5-4-6-8-20)25-27-18(2)24(31(25)29-17)19-9-11-22(33-3)12-10-19;/h5-11,14-15,21H,12-13,16H2,1-4H3,(H2,29,30,34);10-11,14-15,20H,6-9,12-13,16H2,1-5H3,(H,28,32);9-12,15,20-21H,4-8,13-14,16H2,1-3H3,(H,28,32);1H/t21-;20-;21-;/m111./s1. The number of para-hydroxylation sites is 1. The maximum Gasteiger partial charge on any atom is 0.319 e. The minimum atomic E-state index is -0.198. The van der Waals surface area contributed by atoms with Crippen LogP contribution in [-0.4, -0.2) is 155 Å². The molecule has 0 spiro atoms. The number of urea groups is 1. The number of imidazole rings is 3. The highest BCUT2D eigenvalue weighted by Crippen LogP contribution is 2.39. The summed E-state index contributed by atoms with van der Waals surface area (Å²) in [6.07, 6.45) is 12.2. The van der Waals surface area contributed by atoms with Gasteiger partial charge in [0, 0.05) is 92.1 Å². The average Bonchev–Trinajstić information content (AvgIpc) is 1.62. The molecule has 4 N–H and O–H groups in total. The number of aryl methyl sites for hydroxylation is 6. The number of nitrogens with one attached hydrogen (secondary N) is 4. The maximum absolute atomic E-state index is 12.7. The van der Waals surface area contributed by atoms with Gasteiger partial charge in [-0.15, -0.1) is 12.4 Å². The Morgan fingerprint density at radius 1 is 0.462 bits per heavy atom. The van der Waals surface area contributed by atoms with Crippen molar-refractivity contribution in [3.8, 4) is 62.5 Å². The SMILES string of the molecule is CCCCCC(=O)N[C@@H]1CCN(c2cc(C)nn3c(-c4ccc(OC)c(OC)c4)c(C)nc23)C1.COc1ccc(-c2c(C)nc3c(N4CC[C@@H](NC(=O)C5CCCCC5)C4)cc(C)nn23)cc1.COc1ccc(-c2c(C)nc3c(N4CC[C@@H](NC(=O)Nc5ccccc5)C4)cc(C)nn23)cc1OC.Cl. The van der Waals surface area contributed by atoms with Gasteiger partial charge >= 0.3 is 6.03 Å². The van der Waals surface area contributed by atoms with Gasteiger partial charge in [0.1, 0.15) is 5.75 Å². The molecule has 6 aromatic heterocycles. The quantitative estimate of drug-likeness (QED) is 0.0518. The molecule has 10 aromatic rings. The summed E-state index contributed by atoms with van der Waals surface area (Å²) in [7, 11) is 8.19. The predicted molar refractivity (Wildman–Crippen MR) is 411 cm³/mol. The molecule has 4 amide bonds. The van der Waals surface area contributed by atoms with E-state index in [1.807, 2.05) is 146 Å². The van der Waals surface area contributed by atoms with Gasteiger partial charge in [0.2, 0.25) is 11.8 Å². The number of carbonyl (C=O) groups is 3. The number of benzene rings is 4. The number of unbranched alkanes of at least 4 members (excludes halogenated alkanes) is 2. The van der Waals surface area contributed by atoms with Crippen molar-refractivity contribution in [2.24, 2.45) is 5.92 Å². The highest BCUT2D eigenvalue weighted by Gasteiger charge is 2.33. The van der Waals surface area contributed by atoms with Crippen LogP contribution in [0.5, 0.6) is 28.7 Å². The first-order valence-electron chi connectivity index (χ1n) is 36.1. The summed E-state index contributed by atoms with van der Waals surface area (Å²) >= 11 is 0. The number of hydrogen-bond donors (Lipinski definition) is 4. The number of fused-ring (bicyclic) bond motifs is 3. The molecule has 4 aromatic carbocycles. The molecule has 9 heterocycles. The van der Waals surface area contributed by atoms with Crippen molar-refractivity contribution < 1.29 is 38.1 Å². The fourth-order valence-corrected chi connectivity index (χ4v) is 14.8. The molecule has 0 radical (unpaired) electrons. The van der Waals surface area contributed by atoms with E-state index in [1.165, 1.54) is 19.3 Å². The maximum atomic E-state index is 12.7. The lowest BCUT2D eigenvalue weighted by atomic mass is 9.88. The second-order valence-corrected chi connectivity index (χ2v) is 27.4. The van der Waals surface area contributed by atoms with Gasteiger partial charge < -0.3 is 59.7 Å². The fraction of sp³-hybridized carbons (Fsp3) is 0.430. The van der Waals surface area contributed by atoms with E-state index in [2.05, 4.69) is 61.1 Å². The van der Waals surface area contributed by atoms with E-state index in [0.29, 0.717) is 36.0 Å². The third-order valence-corrected chi connectivity index (χ3v) is 19.9. The summed E-state index contributed by atoms with van der Waals surface area (Å²) in [4.78, 5) is 59.2. The lowest BCUT2D eigenvalue weighted by Gasteiger charge is -2.24. The number of amides is 4. The lowest BCUT2D eigenvalue weighted by Crippen LogP contribution is -2.41. The van der Waals surface area contributed by atoms with E-state index in [1.54, 1.807) is 35.5 Å². The van der Waals surface area contributed by atoms with Crippen LogP contribution in [-0.2, 0) is 9.59 Å². The number of carbonyl (C=O) groups excluding carboxylic acids is 3. The Balaban J connectivity index is 0.000000156. The normalized spacial score (nSPS) is 16.5. The number of halogens is 1. The van der Waals surface area contributed by atoms with Crippen molar-refractivity contribution in [2.45, 2.75) is 144 Å². The zero-order valence-electron chi connectivity index (χ0n) is 62.0. The molecule has 0 bridgehead atoms. The third-order valence-electron chi connectivity index (χ3n) is 19.9. The highest BCUT2D eigenvalue weighted by molar-refractivity contribution is 5.90. The van der Waals surface area contributed by atoms with Crippen LogP contribution in [0.2, 0.25) is 0 Å². The van der Waals surface area contributed by atoms with E-state index < -0.39 is 0 Å². The highest BCUT2D eigenvalue weighted by atomic mass is 35.5. The first kappa shape index (κ1) is 74.8. The van der Waals surface area contributed by atoms with E-state index in [-0.39, 0.29) is 54.3 Å². The number of methoxy groups -OCH3 is 5. The monoisotopic (exact) mass is 1430 g/mol. The molecule has 1 aliphatic carbocycles. The predicted octanol–water partition coefficient (Wildman–Crippen LogP) is 13.5. The first-order valence-corrected chi connectivity index (χ1v) is 36.1. The lowest BCUT2D eigenvalue weighted by molar-refractivity contribution is -0.126. The Morgan fingerprint density at radius 3 is 1.32 bits per heavy atom. The van der Waals surface area contributed by atoms with Crippen molar-refractivity contribution in [1.29, 1.82) is 0 Å². The largest absolute Gasteiger partial charge is 0.497 e. The van der Waals surface area contributed by atoms with E-state index in [9.17, 15) is 14.4 Å². The Kier molecular flexibility index (Phi) is 24.3. The van der Waals surface area contributed by atoms with Crippen molar-refractivity contribution >= 4 is 69.9 Å². The fourth-order valence-electron chi connectivity index (χ4n) is 14.8. The Labute approximate surface area is 615 Å². The summed E-state index contributed by atoms with van der Waals surface area (Å²) < 4.78 is 32.9. The minimum Gasteiger partial charge on any atom is -0.497 e. The number of aromatic nitrogens is 9. The zero-order chi connectivity index (χ0) is 72.4. The van der Waals surface area contributed by atoms with Crippen LogP contribution in [0, 0.1) is 47.5 Å². The molecule has 24 nitrogen and oxygen atoms in total. The molecule has 3 saturated heterocycles. The number of anilines is 4. The smallest absolute Gasteiger partial charge is 0.319 e. The van der Waals surface area contributed by atoms with Gasteiger partial charge in [-0.2, -0.15) is 15.3 Å². The first-order chi connectivity index (χ1) is 49.9. The summed E-state index contributed by atoms with van der Waals surface area (Å²) in [5, 5.41) is 26.9. The zero-order valence-corrected chi connectivity index (χ0v) is 62.8. The third kappa shape index (κ3) is 16.8. The van der Waals surface area contributed by atoms with Gasteiger partial charge in [-0.1, -0.05) is 57.2 Å². The summed E-state index contributed by atoms with van der Waals surface area (Å²) in [5.74, 6) is 4.10. The van der Waals surface area contributed by atoms with Crippen LogP contribution in [0.3, 0.4) is 0 Å². The molecule has 4 fully saturated rings. The number of hydrogen-bond acceptors (Lipinski definition) is 17. The molecular weight excluding hydrogens is 1340 g/mol. The molecule has 14 rings (SSSR count). The van der Waals surface area contributed by atoms with Crippen LogP contribution in [0.1, 0.15) is 118 Å². The molecule has 550 valence electrons. The minimum absolute atomic E-state index is 0. The van der Waals surface area contributed by atoms with Gasteiger partial charge in [0.15, 0.2) is 39.9 Å². The molecule has 3 atom stereocenters. The molecule has 4 aliphatic rings. The summed E-state index contributed by atoms with van der Waals surface area (Å²) in [5.41, 5.74) is 17.6. The Morgan fingerprint density at radius 2 is 0.885 bits per heavy atom. The molecule has 1 saturated carbocycles. The Bertz CT molecular complexity index is 4650. The second-order valence-electron chi connectivity index (χ2n) is 27.4. The average molecular weight is 1440 g/mol. The summed E-state index contributed by atoms with van der Waals surface area (Å²) in [6.45, 7) is 19.0. The van der Waals surface area contributed by atoms with Crippen LogP contribution < -0.4 is 59.7 Å². The molecule has 25 heteroatoms. The van der Waals surface area contributed by atoms with Gasteiger partial charge in [-0.05, 0) is 171 Å². The molecule has 3 aliphatic heterocycles. The van der Waals surface area contributed by atoms with Crippen LogP contribution in [0.25, 0.3) is 50.7 Å². The van der Waals surface area contributed by atoms with E-state index in [0.717, 1.165) is 197 Å². The van der Waals surface area contributed by atoms with Crippen molar-refractivity contribution in [1.82, 2.24) is 59.7 Å². The number of ether oxygens (including phenoxy) is 5. The van der Waals surface area contributed by atoms with Crippen molar-refractivity contribution in [3.63, 3.8) is 0 Å².